The number of ether oxygens (including phenoxy) is 2. The van der Waals surface area contributed by atoms with Gasteiger partial charge in [0.05, 0.1) is 12.0 Å². The molecule has 0 spiro atoms. The van der Waals surface area contributed by atoms with Crippen LogP contribution in [0.1, 0.15) is 24.5 Å². The van der Waals surface area contributed by atoms with Gasteiger partial charge < -0.3 is 14.8 Å². The van der Waals surface area contributed by atoms with Crippen LogP contribution in [0.15, 0.2) is 45.8 Å². The van der Waals surface area contributed by atoms with Gasteiger partial charge in [-0.1, -0.05) is 52.9 Å². The molecule has 2 amide bonds. The molecule has 0 bridgehead atoms. The molecule has 1 fully saturated rings. The highest BCUT2D eigenvalue weighted by Gasteiger charge is 2.31. The zero-order valence-electron chi connectivity index (χ0n) is 17.9. The van der Waals surface area contributed by atoms with Crippen molar-refractivity contribution in [3.8, 4) is 11.5 Å². The first kappa shape index (κ1) is 24.3. The summed E-state index contributed by atoms with van der Waals surface area (Å²) >= 11 is 10.0. The number of carbonyl (C=O) groups excluding carboxylic acids is 2. The van der Waals surface area contributed by atoms with Gasteiger partial charge in [0.15, 0.2) is 18.1 Å². The zero-order chi connectivity index (χ0) is 23.3. The molecular formula is C23H23BrN2O4S2. The number of nitrogens with one attached hydrogen (secondary N) is 1. The van der Waals surface area contributed by atoms with Crippen LogP contribution in [0.25, 0.3) is 6.08 Å². The summed E-state index contributed by atoms with van der Waals surface area (Å²) in [5.74, 6) is 0.541. The van der Waals surface area contributed by atoms with Gasteiger partial charge >= 0.3 is 0 Å². The third-order valence-electron chi connectivity index (χ3n) is 4.61. The average Bonchev–Trinajstić information content (AvgIpc) is 3.03. The maximum atomic E-state index is 12.5. The highest BCUT2D eigenvalue weighted by molar-refractivity contribution is 9.10. The molecule has 0 radical (unpaired) electrons. The van der Waals surface area contributed by atoms with Crippen molar-refractivity contribution < 1.29 is 19.1 Å². The van der Waals surface area contributed by atoms with Crippen molar-refractivity contribution in [1.29, 1.82) is 0 Å². The van der Waals surface area contributed by atoms with Crippen LogP contribution in [-0.2, 0) is 9.59 Å². The van der Waals surface area contributed by atoms with Gasteiger partial charge in [-0.15, -0.1) is 0 Å². The van der Waals surface area contributed by atoms with Gasteiger partial charge in [-0.25, -0.2) is 0 Å². The Kier molecular flexibility index (Phi) is 8.33. The summed E-state index contributed by atoms with van der Waals surface area (Å²) in [4.78, 5) is 27.0. The minimum atomic E-state index is -0.280. The smallest absolute Gasteiger partial charge is 0.266 e. The number of methoxy groups -OCH3 is 1. The molecule has 6 nitrogen and oxygen atoms in total. The van der Waals surface area contributed by atoms with Crippen molar-refractivity contribution in [2.24, 2.45) is 0 Å². The van der Waals surface area contributed by atoms with E-state index in [4.69, 9.17) is 21.7 Å². The zero-order valence-corrected chi connectivity index (χ0v) is 21.2. The number of thioether (sulfide) groups is 1. The number of nitrogens with zero attached hydrogens (tertiary/aromatic N) is 1. The van der Waals surface area contributed by atoms with Gasteiger partial charge in [0.1, 0.15) is 4.32 Å². The number of rotatable bonds is 8. The fraction of sp³-hybridized carbons (Fsp3) is 0.261. The van der Waals surface area contributed by atoms with E-state index in [1.54, 1.807) is 29.2 Å². The predicted octanol–water partition coefficient (Wildman–Crippen LogP) is 5.39. The summed E-state index contributed by atoms with van der Waals surface area (Å²) in [6.45, 7) is 4.40. The number of thiocarbonyl (C=S) groups is 1. The molecule has 168 valence electrons. The number of aryl methyl sites for hydroxylation is 1. The lowest BCUT2D eigenvalue weighted by Crippen LogP contribution is -2.28. The number of carbonyl (C=O) groups is 2. The second kappa shape index (κ2) is 11.0. The molecule has 1 heterocycles. The molecule has 3 rings (SSSR count). The van der Waals surface area contributed by atoms with Crippen LogP contribution in [0.4, 0.5) is 5.69 Å². The molecule has 1 aliphatic rings. The highest BCUT2D eigenvalue weighted by Crippen LogP contribution is 2.34. The summed E-state index contributed by atoms with van der Waals surface area (Å²) < 4.78 is 12.6. The molecule has 9 heteroatoms. The van der Waals surface area contributed by atoms with Crippen molar-refractivity contribution in [3.63, 3.8) is 0 Å². The number of anilines is 1. The van der Waals surface area contributed by atoms with Gasteiger partial charge in [-0.2, -0.15) is 0 Å². The molecule has 0 aromatic heterocycles. The maximum Gasteiger partial charge on any atom is 0.266 e. The van der Waals surface area contributed by atoms with E-state index in [0.717, 1.165) is 22.0 Å². The lowest BCUT2D eigenvalue weighted by Gasteiger charge is -2.12. The molecule has 2 aromatic rings. The first-order chi connectivity index (χ1) is 15.3. The number of hydrogen-bond donors (Lipinski definition) is 1. The highest BCUT2D eigenvalue weighted by atomic mass is 79.9. The van der Waals surface area contributed by atoms with Crippen molar-refractivity contribution >= 4 is 67.8 Å². The summed E-state index contributed by atoms with van der Waals surface area (Å²) in [6, 6.07) is 10.9. The van der Waals surface area contributed by atoms with Gasteiger partial charge in [-0.3, -0.25) is 14.5 Å². The van der Waals surface area contributed by atoms with Crippen LogP contribution in [0.3, 0.4) is 0 Å². The summed E-state index contributed by atoms with van der Waals surface area (Å²) in [6.07, 6.45) is 2.62. The monoisotopic (exact) mass is 534 g/mol. The standard InChI is InChI=1S/C23H23BrN2O4S2/c1-4-9-26-22(28)20(32-23(26)31)12-15-5-8-18(19(11-15)29-3)30-13-21(27)25-16-6-7-17(24)14(2)10-16/h5-8,10-12H,4,9,13H2,1-3H3,(H,25,27)/b20-12-. The summed E-state index contributed by atoms with van der Waals surface area (Å²) in [5.41, 5.74) is 2.50. The van der Waals surface area contributed by atoms with E-state index < -0.39 is 0 Å². The average molecular weight is 535 g/mol. The van der Waals surface area contributed by atoms with Crippen molar-refractivity contribution in [2.45, 2.75) is 20.3 Å². The lowest BCUT2D eigenvalue weighted by atomic mass is 10.2. The number of hydrogen-bond acceptors (Lipinski definition) is 6. The summed E-state index contributed by atoms with van der Waals surface area (Å²) in [5, 5.41) is 2.81. The van der Waals surface area contributed by atoms with Gasteiger partial charge in [0, 0.05) is 16.7 Å². The van der Waals surface area contributed by atoms with Crippen LogP contribution >= 0.6 is 39.9 Å². The second-order valence-electron chi connectivity index (χ2n) is 7.04. The van der Waals surface area contributed by atoms with E-state index in [1.807, 2.05) is 32.0 Å². The second-order valence-corrected chi connectivity index (χ2v) is 9.57. The number of amides is 2. The number of benzene rings is 2. The minimum absolute atomic E-state index is 0.0824. The third-order valence-corrected chi connectivity index (χ3v) is 6.87. The topological polar surface area (TPSA) is 67.9 Å². The van der Waals surface area contributed by atoms with Gasteiger partial charge in [0.2, 0.25) is 0 Å². The van der Waals surface area contributed by atoms with Crippen molar-refractivity contribution in [2.75, 3.05) is 25.6 Å². The largest absolute Gasteiger partial charge is 0.493 e. The van der Waals surface area contributed by atoms with Crippen LogP contribution in [0.2, 0.25) is 0 Å². The fourth-order valence-corrected chi connectivity index (χ4v) is 4.58. The van der Waals surface area contributed by atoms with Crippen LogP contribution in [0, 0.1) is 6.92 Å². The van der Waals surface area contributed by atoms with E-state index in [1.165, 1.54) is 18.9 Å². The van der Waals surface area contributed by atoms with E-state index in [2.05, 4.69) is 21.2 Å². The SMILES string of the molecule is CCCN1C(=O)/C(=C/c2ccc(OCC(=O)Nc3ccc(Br)c(C)c3)c(OC)c2)SC1=S. The number of halogens is 1. The molecule has 0 unspecified atom stereocenters. The van der Waals surface area contributed by atoms with E-state index in [9.17, 15) is 9.59 Å². The molecule has 0 saturated carbocycles. The van der Waals surface area contributed by atoms with Crippen LogP contribution in [0.5, 0.6) is 11.5 Å². The Balaban J connectivity index is 1.66. The molecule has 0 atom stereocenters. The third kappa shape index (κ3) is 5.90. The van der Waals surface area contributed by atoms with E-state index >= 15 is 0 Å². The lowest BCUT2D eigenvalue weighted by molar-refractivity contribution is -0.122. The molecule has 1 saturated heterocycles. The van der Waals surface area contributed by atoms with Crippen LogP contribution < -0.4 is 14.8 Å². The van der Waals surface area contributed by atoms with Crippen molar-refractivity contribution in [1.82, 2.24) is 4.90 Å². The van der Waals surface area contributed by atoms with Crippen LogP contribution in [-0.4, -0.2) is 41.3 Å². The Bertz CT molecular complexity index is 1090. The van der Waals surface area contributed by atoms with Crippen molar-refractivity contribution in [3.05, 3.63) is 56.9 Å². The van der Waals surface area contributed by atoms with E-state index in [-0.39, 0.29) is 18.4 Å². The molecule has 1 N–H and O–H groups in total. The molecule has 32 heavy (non-hydrogen) atoms. The Morgan fingerprint density at radius 3 is 2.72 bits per heavy atom. The molecule has 1 aliphatic heterocycles. The Hall–Kier alpha value is -2.36. The Labute approximate surface area is 205 Å². The molecule has 2 aromatic carbocycles. The summed E-state index contributed by atoms with van der Waals surface area (Å²) in [7, 11) is 1.53. The van der Waals surface area contributed by atoms with Gasteiger partial charge in [-0.05, 0) is 60.9 Å². The Morgan fingerprint density at radius 2 is 2.03 bits per heavy atom. The normalized spacial score (nSPS) is 14.8. The quantitative estimate of drug-likeness (QED) is 0.361. The molecular weight excluding hydrogens is 512 g/mol. The first-order valence-electron chi connectivity index (χ1n) is 9.94. The predicted molar refractivity (Wildman–Crippen MR) is 136 cm³/mol. The molecule has 0 aliphatic carbocycles. The maximum absolute atomic E-state index is 12.5. The van der Waals surface area contributed by atoms with Gasteiger partial charge in [0.25, 0.3) is 11.8 Å². The minimum Gasteiger partial charge on any atom is -0.493 e. The fourth-order valence-electron chi connectivity index (χ4n) is 3.02. The first-order valence-corrected chi connectivity index (χ1v) is 12.0. The van der Waals surface area contributed by atoms with E-state index in [0.29, 0.717) is 33.0 Å². The Morgan fingerprint density at radius 1 is 1.25 bits per heavy atom.